The van der Waals surface area contributed by atoms with Gasteiger partial charge in [-0.25, -0.2) is 9.78 Å². The number of nitrogens with zero attached hydrogens (tertiary/aromatic N) is 2. The molecular formula is C12H16N2O4. The molecule has 1 N–H and O–H groups in total. The van der Waals surface area contributed by atoms with Crippen LogP contribution >= 0.6 is 0 Å². The number of hydrogen-bond acceptors (Lipinski definition) is 4. The predicted molar refractivity (Wildman–Crippen MR) is 64.6 cm³/mol. The van der Waals surface area contributed by atoms with Gasteiger partial charge in [-0.2, -0.15) is 0 Å². The van der Waals surface area contributed by atoms with Crippen LogP contribution in [0.4, 0.5) is 0 Å². The smallest absolute Gasteiger partial charge is 0.358 e. The van der Waals surface area contributed by atoms with E-state index < -0.39 is 5.97 Å². The first-order valence-electron chi connectivity index (χ1n) is 5.69. The Morgan fingerprint density at radius 3 is 2.61 bits per heavy atom. The van der Waals surface area contributed by atoms with Gasteiger partial charge in [-0.05, 0) is 26.0 Å². The van der Waals surface area contributed by atoms with Crippen molar-refractivity contribution >= 4 is 11.9 Å². The first-order chi connectivity index (χ1) is 8.60. The third kappa shape index (κ3) is 3.44. The zero-order chi connectivity index (χ0) is 13.5. The number of carbonyl (C=O) groups is 2. The molecule has 0 unspecified atom stereocenters. The Kier molecular flexibility index (Phi) is 5.10. The van der Waals surface area contributed by atoms with Crippen LogP contribution in [0.1, 0.15) is 24.3 Å². The molecule has 6 heteroatoms. The average Bonchev–Trinajstić information content (AvgIpc) is 2.38. The van der Waals surface area contributed by atoms with E-state index >= 15 is 0 Å². The minimum absolute atomic E-state index is 0.102. The van der Waals surface area contributed by atoms with Gasteiger partial charge >= 0.3 is 5.97 Å². The zero-order valence-electron chi connectivity index (χ0n) is 10.4. The Balaban J connectivity index is 2.69. The van der Waals surface area contributed by atoms with Crippen molar-refractivity contribution in [2.24, 2.45) is 0 Å². The lowest BCUT2D eigenvalue weighted by molar-refractivity contribution is -0.133. The van der Waals surface area contributed by atoms with Crippen molar-refractivity contribution in [3.8, 4) is 5.75 Å². The van der Waals surface area contributed by atoms with Crippen LogP contribution in [-0.2, 0) is 4.79 Å². The maximum absolute atomic E-state index is 11.7. The van der Waals surface area contributed by atoms with Gasteiger partial charge in [0.1, 0.15) is 0 Å². The molecule has 6 nitrogen and oxygen atoms in total. The van der Waals surface area contributed by atoms with Crippen molar-refractivity contribution in [1.29, 1.82) is 0 Å². The maximum atomic E-state index is 11.7. The molecule has 0 atom stereocenters. The number of hydrogen-bond donors (Lipinski definition) is 1. The van der Waals surface area contributed by atoms with Gasteiger partial charge in [-0.3, -0.25) is 4.79 Å². The normalized spacial score (nSPS) is 9.89. The van der Waals surface area contributed by atoms with Crippen LogP contribution in [0.3, 0.4) is 0 Å². The van der Waals surface area contributed by atoms with Crippen molar-refractivity contribution in [3.05, 3.63) is 24.0 Å². The number of likely N-dealkylation sites (N-methyl/N-ethyl adjacent to an activating group) is 1. The molecule has 98 valence electrons. The first kappa shape index (κ1) is 14.0. The average molecular weight is 252 g/mol. The second kappa shape index (κ2) is 6.58. The van der Waals surface area contributed by atoms with Crippen LogP contribution in [-0.4, -0.2) is 46.6 Å². The van der Waals surface area contributed by atoms with E-state index in [0.717, 1.165) is 0 Å². The summed E-state index contributed by atoms with van der Waals surface area (Å²) in [6.07, 6.45) is 1.36. The van der Waals surface area contributed by atoms with Gasteiger partial charge in [0.15, 0.2) is 18.1 Å². The lowest BCUT2D eigenvalue weighted by Crippen LogP contribution is -2.34. The predicted octanol–water partition coefficient (Wildman–Crippen LogP) is 1.03. The molecule has 0 saturated heterocycles. The highest BCUT2D eigenvalue weighted by Gasteiger charge is 2.15. The first-order valence-corrected chi connectivity index (χ1v) is 5.69. The molecule has 0 aliphatic rings. The van der Waals surface area contributed by atoms with Crippen LogP contribution in [0.25, 0.3) is 0 Å². The molecule has 0 saturated carbocycles. The summed E-state index contributed by atoms with van der Waals surface area (Å²) in [5.41, 5.74) is -0.190. The molecule has 1 amide bonds. The Labute approximate surface area is 105 Å². The van der Waals surface area contributed by atoms with E-state index in [-0.39, 0.29) is 24.0 Å². The van der Waals surface area contributed by atoms with E-state index in [9.17, 15) is 9.59 Å². The van der Waals surface area contributed by atoms with Gasteiger partial charge in [0.25, 0.3) is 5.91 Å². The summed E-state index contributed by atoms with van der Waals surface area (Å²) in [6.45, 7) is 4.74. The van der Waals surface area contributed by atoms with Gasteiger partial charge in [0.2, 0.25) is 0 Å². The Hall–Kier alpha value is -2.11. The van der Waals surface area contributed by atoms with Gasteiger partial charge in [-0.15, -0.1) is 0 Å². The molecule has 0 aliphatic carbocycles. The topological polar surface area (TPSA) is 79.7 Å². The molecular weight excluding hydrogens is 236 g/mol. The van der Waals surface area contributed by atoms with Crippen LogP contribution in [0.5, 0.6) is 5.75 Å². The summed E-state index contributed by atoms with van der Waals surface area (Å²) in [5.74, 6) is -1.26. The second-order valence-corrected chi connectivity index (χ2v) is 3.51. The van der Waals surface area contributed by atoms with E-state index in [0.29, 0.717) is 13.1 Å². The molecule has 1 rings (SSSR count). The third-order valence-electron chi connectivity index (χ3n) is 2.44. The zero-order valence-corrected chi connectivity index (χ0v) is 10.4. The summed E-state index contributed by atoms with van der Waals surface area (Å²) in [4.78, 5) is 27.9. The van der Waals surface area contributed by atoms with Crippen LogP contribution in [0, 0.1) is 0 Å². The molecule has 0 radical (unpaired) electrons. The van der Waals surface area contributed by atoms with Crippen molar-refractivity contribution < 1.29 is 19.4 Å². The number of carbonyl (C=O) groups excluding carboxylic acids is 1. The number of pyridine rings is 1. The number of aromatic carboxylic acids is 1. The van der Waals surface area contributed by atoms with Crippen LogP contribution in [0.15, 0.2) is 18.3 Å². The van der Waals surface area contributed by atoms with E-state index in [1.54, 1.807) is 11.0 Å². The van der Waals surface area contributed by atoms with Crippen molar-refractivity contribution in [3.63, 3.8) is 0 Å². The van der Waals surface area contributed by atoms with Gasteiger partial charge in [0, 0.05) is 19.3 Å². The fourth-order valence-corrected chi connectivity index (χ4v) is 1.47. The minimum atomic E-state index is -1.18. The number of aromatic nitrogens is 1. The fourth-order valence-electron chi connectivity index (χ4n) is 1.47. The molecule has 1 aromatic rings. The standard InChI is InChI=1S/C12H16N2O4/c1-3-14(4-2)10(15)8-18-9-6-5-7-13-11(9)12(16)17/h5-7H,3-4,8H2,1-2H3,(H,16,17). The summed E-state index contributed by atoms with van der Waals surface area (Å²) < 4.78 is 5.21. The summed E-state index contributed by atoms with van der Waals surface area (Å²) in [5, 5.41) is 8.89. The van der Waals surface area contributed by atoms with E-state index in [1.165, 1.54) is 12.3 Å². The largest absolute Gasteiger partial charge is 0.481 e. The van der Waals surface area contributed by atoms with Crippen LogP contribution in [0.2, 0.25) is 0 Å². The number of carboxylic acids is 1. The molecule has 1 heterocycles. The van der Waals surface area contributed by atoms with E-state index in [4.69, 9.17) is 9.84 Å². The molecule has 1 aromatic heterocycles. The summed E-state index contributed by atoms with van der Waals surface area (Å²) >= 11 is 0. The number of carboxylic acid groups (broad SMARTS) is 1. The highest BCUT2D eigenvalue weighted by atomic mass is 16.5. The van der Waals surface area contributed by atoms with Gasteiger partial charge in [-0.1, -0.05) is 0 Å². The van der Waals surface area contributed by atoms with Crippen molar-refractivity contribution in [2.45, 2.75) is 13.8 Å². The molecule has 0 fully saturated rings. The Morgan fingerprint density at radius 1 is 1.39 bits per heavy atom. The number of amides is 1. The second-order valence-electron chi connectivity index (χ2n) is 3.51. The fraction of sp³-hybridized carbons (Fsp3) is 0.417. The summed E-state index contributed by atoms with van der Waals surface area (Å²) in [7, 11) is 0. The van der Waals surface area contributed by atoms with Gasteiger partial charge < -0.3 is 14.7 Å². The Morgan fingerprint density at radius 2 is 2.06 bits per heavy atom. The third-order valence-corrected chi connectivity index (χ3v) is 2.44. The highest BCUT2D eigenvalue weighted by molar-refractivity contribution is 5.88. The Bertz CT molecular complexity index is 430. The van der Waals surface area contributed by atoms with E-state index in [1.807, 2.05) is 13.8 Å². The monoisotopic (exact) mass is 252 g/mol. The maximum Gasteiger partial charge on any atom is 0.358 e. The SMILES string of the molecule is CCN(CC)C(=O)COc1cccnc1C(=O)O. The minimum Gasteiger partial charge on any atom is -0.481 e. The highest BCUT2D eigenvalue weighted by Crippen LogP contribution is 2.15. The van der Waals surface area contributed by atoms with Crippen molar-refractivity contribution in [1.82, 2.24) is 9.88 Å². The molecule has 0 aromatic carbocycles. The molecule has 0 aliphatic heterocycles. The molecule has 18 heavy (non-hydrogen) atoms. The van der Waals surface area contributed by atoms with Gasteiger partial charge in [0.05, 0.1) is 0 Å². The lowest BCUT2D eigenvalue weighted by atomic mass is 10.3. The molecule has 0 bridgehead atoms. The molecule has 0 spiro atoms. The van der Waals surface area contributed by atoms with Crippen LogP contribution < -0.4 is 4.74 Å². The lowest BCUT2D eigenvalue weighted by Gasteiger charge is -2.18. The number of ether oxygens (including phenoxy) is 1. The van der Waals surface area contributed by atoms with Crippen molar-refractivity contribution in [2.75, 3.05) is 19.7 Å². The van der Waals surface area contributed by atoms with E-state index in [2.05, 4.69) is 4.98 Å². The number of rotatable bonds is 6. The summed E-state index contributed by atoms with van der Waals surface area (Å²) in [6, 6.07) is 3.04. The quantitative estimate of drug-likeness (QED) is 0.817.